The molecular formula is C104H95BN4. The van der Waals surface area contributed by atoms with Crippen LogP contribution in [0.2, 0.25) is 0 Å². The van der Waals surface area contributed by atoms with Crippen molar-refractivity contribution in [3.8, 4) is 67.0 Å². The van der Waals surface area contributed by atoms with Gasteiger partial charge in [-0.25, -0.2) is 0 Å². The van der Waals surface area contributed by atoms with Gasteiger partial charge in [0.1, 0.15) is 0 Å². The van der Waals surface area contributed by atoms with Gasteiger partial charge in [-0.1, -0.05) is 322 Å². The molecule has 0 fully saturated rings. The van der Waals surface area contributed by atoms with Gasteiger partial charge in [0.25, 0.3) is 6.71 Å². The van der Waals surface area contributed by atoms with E-state index in [1.807, 2.05) is 6.07 Å². The Morgan fingerprint density at radius 1 is 0.266 bits per heavy atom. The molecule has 0 saturated heterocycles. The third-order valence-electron chi connectivity index (χ3n) is 23.1. The van der Waals surface area contributed by atoms with Crippen molar-refractivity contribution in [2.75, 3.05) is 9.80 Å². The van der Waals surface area contributed by atoms with Gasteiger partial charge in [0.2, 0.25) is 0 Å². The van der Waals surface area contributed by atoms with E-state index in [2.05, 4.69) is 390 Å². The second-order valence-electron chi connectivity index (χ2n) is 35.5. The maximum atomic E-state index is 9.78. The first-order chi connectivity index (χ1) is 54.3. The minimum atomic E-state index is -0.462. The standard InChI is InChI=1S/C104H95BN4/c1-100(2,3)74-46-43-67(44-47-74)72-58-93-97(83-39-28-29-42-88(83)106(93)79-37-26-19-27-38-79)94(59-72)108-91-57-70(66-31-20-16-21-32-66)45-51-86(91)105-87-52-50-80(107-89-53-48-75(101(4,5)6)63-84(89)85-64-76(102(7,8)9)49-54-90(85)107)65-92(87)109(99-81(68-33-22-17-23-34-68)40-30-41-82(99)69-35-24-18-25-36-69)96-61-73(60-95(108)98(96)105)71-55-77(103(10,11)12)62-78(56-71)104(13,14)15/h16-65H,1-15H3/i16D,20D,21D,31D,32D. The largest absolute Gasteiger partial charge is 0.311 e. The molecule has 109 heavy (non-hydrogen) atoms. The fourth-order valence-electron chi connectivity index (χ4n) is 17.1. The van der Waals surface area contributed by atoms with Gasteiger partial charge in [0, 0.05) is 66.8 Å². The third-order valence-corrected chi connectivity index (χ3v) is 23.1. The highest BCUT2D eigenvalue weighted by Gasteiger charge is 2.46. The summed E-state index contributed by atoms with van der Waals surface area (Å²) in [6, 6.07) is 100. The number of aromatic nitrogens is 2. The summed E-state index contributed by atoms with van der Waals surface area (Å²) in [5.41, 5.74) is 29.7. The van der Waals surface area contributed by atoms with Crippen LogP contribution in [0.15, 0.2) is 303 Å². The first-order valence-corrected chi connectivity index (χ1v) is 38.7. The number of para-hydroxylation sites is 3. The monoisotopic (exact) mass is 1420 g/mol. The highest BCUT2D eigenvalue weighted by Crippen LogP contribution is 2.55. The molecule has 0 unspecified atom stereocenters. The number of anilines is 6. The van der Waals surface area contributed by atoms with Gasteiger partial charge in [-0.2, -0.15) is 0 Å². The van der Waals surface area contributed by atoms with Gasteiger partial charge in [-0.15, -0.1) is 0 Å². The van der Waals surface area contributed by atoms with E-state index in [1.165, 1.54) is 38.6 Å². The highest BCUT2D eigenvalue weighted by molar-refractivity contribution is 7.00. The average Bonchev–Trinajstić information content (AvgIpc) is 1.35. The van der Waals surface area contributed by atoms with Crippen molar-refractivity contribution in [2.45, 2.75) is 131 Å². The third kappa shape index (κ3) is 11.8. The van der Waals surface area contributed by atoms with E-state index in [0.29, 0.717) is 5.56 Å². The summed E-state index contributed by atoms with van der Waals surface area (Å²) < 4.78 is 51.9. The molecule has 534 valence electrons. The van der Waals surface area contributed by atoms with Crippen molar-refractivity contribution in [1.29, 1.82) is 0 Å². The molecule has 16 aromatic rings. The quantitative estimate of drug-likeness (QED) is 0.134. The Morgan fingerprint density at radius 3 is 1.28 bits per heavy atom. The van der Waals surface area contributed by atoms with Crippen LogP contribution < -0.4 is 26.2 Å². The Bertz CT molecular complexity index is 6430. The Hall–Kier alpha value is -11.7. The van der Waals surface area contributed by atoms with E-state index >= 15 is 0 Å². The minimum absolute atomic E-state index is 0.0981. The lowest BCUT2D eigenvalue weighted by Crippen LogP contribution is -2.61. The topological polar surface area (TPSA) is 16.3 Å². The molecular weight excluding hydrogens is 1320 g/mol. The molecule has 0 saturated carbocycles. The zero-order valence-electron chi connectivity index (χ0n) is 70.3. The van der Waals surface area contributed by atoms with Gasteiger partial charge in [0.05, 0.1) is 40.3 Å². The molecule has 0 aliphatic carbocycles. The second kappa shape index (κ2) is 25.5. The number of benzene rings is 14. The van der Waals surface area contributed by atoms with Crippen LogP contribution in [0.25, 0.3) is 111 Å². The van der Waals surface area contributed by atoms with Gasteiger partial charge in [-0.05, 0) is 201 Å². The first kappa shape index (κ1) is 63.4. The van der Waals surface area contributed by atoms with Gasteiger partial charge >= 0.3 is 0 Å². The molecule has 2 aliphatic heterocycles. The predicted octanol–water partition coefficient (Wildman–Crippen LogP) is 26.8. The number of rotatable bonds is 9. The van der Waals surface area contributed by atoms with Crippen LogP contribution in [0, 0.1) is 0 Å². The smallest absolute Gasteiger partial charge is 0.252 e. The van der Waals surface area contributed by atoms with E-state index in [0.717, 1.165) is 139 Å². The number of hydrogen-bond donors (Lipinski definition) is 0. The van der Waals surface area contributed by atoms with Crippen LogP contribution in [0.5, 0.6) is 0 Å². The lowest BCUT2D eigenvalue weighted by molar-refractivity contribution is 0.569. The molecule has 18 rings (SSSR count). The fourth-order valence-corrected chi connectivity index (χ4v) is 17.1. The van der Waals surface area contributed by atoms with Crippen LogP contribution >= 0.6 is 0 Å². The molecule has 14 aromatic carbocycles. The van der Waals surface area contributed by atoms with Gasteiger partial charge < -0.3 is 18.9 Å². The molecule has 0 atom stereocenters. The van der Waals surface area contributed by atoms with Crippen LogP contribution in [-0.4, -0.2) is 15.8 Å². The maximum Gasteiger partial charge on any atom is 0.252 e. The van der Waals surface area contributed by atoms with Crippen molar-refractivity contribution >= 4 is 101 Å². The molecule has 0 spiro atoms. The predicted molar refractivity (Wildman–Crippen MR) is 470 cm³/mol. The summed E-state index contributed by atoms with van der Waals surface area (Å²) in [4.78, 5) is 5.15. The van der Waals surface area contributed by atoms with E-state index in [-0.39, 0.29) is 56.8 Å². The Balaban J connectivity index is 1.05. The van der Waals surface area contributed by atoms with Crippen molar-refractivity contribution in [1.82, 2.24) is 9.13 Å². The van der Waals surface area contributed by atoms with Crippen molar-refractivity contribution in [3.63, 3.8) is 0 Å². The number of nitrogens with zero attached hydrogens (tertiary/aromatic N) is 4. The Morgan fingerprint density at radius 2 is 0.716 bits per heavy atom. The average molecular weight is 1420 g/mol. The SMILES string of the molecule is [2H]c1c([2H])c([2H])c(-c2ccc3c(c2)N(c2cc(-c4ccc(C(C)(C)C)cc4)cc4c2c2ccccc2n4-c2ccccc2)c2cc(-c4cc(C(C)(C)C)cc(C(C)(C)C)c4)cc4c2B3c2ccc(-n3c5ccc(C(C)(C)C)cc5c5cc(C(C)(C)C)ccc53)cc2N4c2c(-c3ccccc3)cccc2-c2ccccc2)c([2H])c1[2H]. The van der Waals surface area contributed by atoms with Crippen LogP contribution in [-0.2, 0) is 27.1 Å². The van der Waals surface area contributed by atoms with Gasteiger partial charge in [0.15, 0.2) is 0 Å². The maximum absolute atomic E-state index is 9.78. The molecule has 4 heterocycles. The second-order valence-corrected chi connectivity index (χ2v) is 35.5. The number of fused-ring (bicyclic) bond motifs is 10. The summed E-state index contributed by atoms with van der Waals surface area (Å²) in [6.45, 7) is 34.0. The summed E-state index contributed by atoms with van der Waals surface area (Å²) >= 11 is 0. The normalized spacial score (nSPS) is 13.9. The molecule has 0 amide bonds. The summed E-state index contributed by atoms with van der Waals surface area (Å²) in [6.07, 6.45) is 0. The van der Waals surface area contributed by atoms with E-state index in [9.17, 15) is 5.48 Å². The molecule has 0 bridgehead atoms. The summed E-state index contributed by atoms with van der Waals surface area (Å²) in [7, 11) is 0. The lowest BCUT2D eigenvalue weighted by atomic mass is 9.33. The fraction of sp³-hybridized carbons (Fsp3) is 0.192. The van der Waals surface area contributed by atoms with Crippen molar-refractivity contribution < 1.29 is 6.85 Å². The zero-order valence-corrected chi connectivity index (χ0v) is 65.3. The molecule has 2 aliphatic rings. The Kier molecular flexibility index (Phi) is 14.8. The summed E-state index contributed by atoms with van der Waals surface area (Å²) in [5, 5.41) is 4.49. The first-order valence-electron chi connectivity index (χ1n) is 41.2. The molecule has 0 radical (unpaired) electrons. The van der Waals surface area contributed by atoms with Crippen LogP contribution in [0.4, 0.5) is 34.1 Å². The Labute approximate surface area is 651 Å². The molecule has 4 nitrogen and oxygen atoms in total. The zero-order chi connectivity index (χ0) is 79.7. The highest BCUT2D eigenvalue weighted by atomic mass is 15.2. The van der Waals surface area contributed by atoms with E-state index in [1.54, 1.807) is 0 Å². The van der Waals surface area contributed by atoms with Gasteiger partial charge in [-0.3, -0.25) is 0 Å². The molecule has 2 aromatic heterocycles. The summed E-state index contributed by atoms with van der Waals surface area (Å²) in [5.74, 6) is 0. The van der Waals surface area contributed by atoms with E-state index in [4.69, 9.17) is 1.37 Å². The molecule has 5 heteroatoms. The van der Waals surface area contributed by atoms with Crippen molar-refractivity contribution in [3.05, 3.63) is 331 Å². The van der Waals surface area contributed by atoms with Crippen LogP contribution in [0.3, 0.4) is 0 Å². The van der Waals surface area contributed by atoms with Crippen molar-refractivity contribution in [2.24, 2.45) is 0 Å². The molecule has 0 N–H and O–H groups in total. The lowest BCUT2D eigenvalue weighted by Gasteiger charge is -2.45. The van der Waals surface area contributed by atoms with Crippen LogP contribution in [0.1, 0.15) is 139 Å². The van der Waals surface area contributed by atoms with E-state index < -0.39 is 12.8 Å². The minimum Gasteiger partial charge on any atom is -0.311 e. The number of hydrogen-bond acceptors (Lipinski definition) is 2.